The third-order valence-electron chi connectivity index (χ3n) is 11.2. The number of hydrogen-bond acceptors (Lipinski definition) is 10. The molecule has 4 atom stereocenters. The molecule has 0 fully saturated rings. The fourth-order valence-electron chi connectivity index (χ4n) is 9.16. The molecule has 0 saturated carbocycles. The minimum absolute atomic E-state index is 0.134. The molecule has 306 valence electrons. The molecule has 0 radical (unpaired) electrons. The van der Waals surface area contributed by atoms with E-state index in [4.69, 9.17) is 37.9 Å². The number of rotatable bonds is 18. The van der Waals surface area contributed by atoms with Gasteiger partial charge in [0.15, 0.2) is 23.0 Å². The van der Waals surface area contributed by atoms with E-state index in [2.05, 4.69) is 13.2 Å². The van der Waals surface area contributed by atoms with Crippen molar-refractivity contribution in [2.45, 2.75) is 98.1 Å². The summed E-state index contributed by atoms with van der Waals surface area (Å²) in [5.74, 6) is -0.531. The molecular formula is C47H58O10. The van der Waals surface area contributed by atoms with Crippen LogP contribution in [0, 0.1) is 0 Å². The molecule has 57 heavy (non-hydrogen) atoms. The standard InChI is InChI=1S/C47H58O10/c1-13-37(48)56-46(41(52-17-5)31(11)29(9)39(50-15-3)43(46)54-19-7)45(35-27-23-21-25-33(35)34-26-22-24-28-36(34)45)47(57-38(49)14-2)42(53-18-6)32(12)30(10)40(51-16-4)44(47)55-20-8/h13-14,21-28,41-42H,1-2,15-20H2,3-12H3. The quantitative estimate of drug-likeness (QED) is 0.107. The van der Waals surface area contributed by atoms with Gasteiger partial charge in [0.25, 0.3) is 0 Å². The van der Waals surface area contributed by atoms with E-state index in [9.17, 15) is 9.59 Å². The summed E-state index contributed by atoms with van der Waals surface area (Å²) >= 11 is 0. The van der Waals surface area contributed by atoms with E-state index in [-0.39, 0.29) is 51.2 Å². The van der Waals surface area contributed by atoms with Gasteiger partial charge in [0.05, 0.1) is 26.4 Å². The fraction of sp³-hybridized carbons (Fsp3) is 0.447. The van der Waals surface area contributed by atoms with Gasteiger partial charge in [-0.1, -0.05) is 61.7 Å². The second-order valence-electron chi connectivity index (χ2n) is 13.9. The molecule has 3 aliphatic carbocycles. The van der Waals surface area contributed by atoms with Crippen molar-refractivity contribution in [3.05, 3.63) is 130 Å². The number of allylic oxidation sites excluding steroid dienone is 2. The Kier molecular flexibility index (Phi) is 13.3. The summed E-state index contributed by atoms with van der Waals surface area (Å²) in [7, 11) is 0. The second kappa shape index (κ2) is 17.6. The number of fused-ring (bicyclic) bond motifs is 3. The predicted molar refractivity (Wildman–Crippen MR) is 219 cm³/mol. The summed E-state index contributed by atoms with van der Waals surface area (Å²) in [5, 5.41) is 0. The molecule has 4 unspecified atom stereocenters. The maximum atomic E-state index is 14.6. The highest BCUT2D eigenvalue weighted by Gasteiger charge is 2.82. The van der Waals surface area contributed by atoms with Crippen LogP contribution in [-0.2, 0) is 52.9 Å². The zero-order valence-corrected chi connectivity index (χ0v) is 35.2. The van der Waals surface area contributed by atoms with Gasteiger partial charge in [-0.15, -0.1) is 0 Å². The normalized spacial score (nSPS) is 23.8. The summed E-state index contributed by atoms with van der Waals surface area (Å²) in [6, 6.07) is 15.6. The molecule has 0 aliphatic heterocycles. The van der Waals surface area contributed by atoms with Crippen molar-refractivity contribution in [2.24, 2.45) is 0 Å². The van der Waals surface area contributed by atoms with Crippen molar-refractivity contribution in [3.8, 4) is 11.1 Å². The molecule has 0 spiro atoms. The molecule has 2 aromatic rings. The van der Waals surface area contributed by atoms with Crippen LogP contribution < -0.4 is 0 Å². The minimum atomic E-state index is -2.11. The van der Waals surface area contributed by atoms with Crippen LogP contribution in [0.3, 0.4) is 0 Å². The first-order valence-corrected chi connectivity index (χ1v) is 19.9. The molecule has 3 aliphatic rings. The Morgan fingerprint density at radius 3 is 1.23 bits per heavy atom. The van der Waals surface area contributed by atoms with Gasteiger partial charge in [0, 0.05) is 25.4 Å². The van der Waals surface area contributed by atoms with Crippen LogP contribution in [0.4, 0.5) is 0 Å². The predicted octanol–water partition coefficient (Wildman–Crippen LogP) is 8.97. The Hall–Kier alpha value is -5.06. The van der Waals surface area contributed by atoms with Gasteiger partial charge in [-0.2, -0.15) is 0 Å². The van der Waals surface area contributed by atoms with Crippen molar-refractivity contribution in [1.29, 1.82) is 0 Å². The van der Waals surface area contributed by atoms with Crippen LogP contribution in [0.5, 0.6) is 0 Å². The maximum Gasteiger partial charge on any atom is 0.331 e. The monoisotopic (exact) mass is 782 g/mol. The fourth-order valence-corrected chi connectivity index (χ4v) is 9.16. The molecule has 0 bridgehead atoms. The summed E-state index contributed by atoms with van der Waals surface area (Å²) in [5.41, 5.74) is -0.413. The van der Waals surface area contributed by atoms with Gasteiger partial charge in [0.2, 0.25) is 11.2 Å². The van der Waals surface area contributed by atoms with E-state index in [1.54, 1.807) is 0 Å². The number of ether oxygens (including phenoxy) is 8. The third-order valence-corrected chi connectivity index (χ3v) is 11.2. The van der Waals surface area contributed by atoms with E-state index in [1.807, 2.05) is 118 Å². The number of carbonyl (C=O) groups is 2. The van der Waals surface area contributed by atoms with Gasteiger partial charge in [0.1, 0.15) is 17.6 Å². The van der Waals surface area contributed by atoms with Crippen LogP contribution in [0.15, 0.2) is 119 Å². The first-order valence-electron chi connectivity index (χ1n) is 19.9. The molecule has 2 aromatic carbocycles. The zero-order valence-electron chi connectivity index (χ0n) is 35.2. The largest absolute Gasteiger partial charge is 0.490 e. The molecule has 0 amide bonds. The molecule has 0 heterocycles. The van der Waals surface area contributed by atoms with Crippen molar-refractivity contribution in [1.82, 2.24) is 0 Å². The van der Waals surface area contributed by atoms with Gasteiger partial charge in [-0.3, -0.25) is 0 Å². The lowest BCUT2D eigenvalue weighted by Crippen LogP contribution is -2.78. The van der Waals surface area contributed by atoms with E-state index in [0.29, 0.717) is 33.8 Å². The number of benzene rings is 2. The highest BCUT2D eigenvalue weighted by Crippen LogP contribution is 2.70. The van der Waals surface area contributed by atoms with E-state index in [0.717, 1.165) is 34.4 Å². The third kappa shape index (κ3) is 6.32. The molecule has 5 rings (SSSR count). The first-order chi connectivity index (χ1) is 27.4. The SMILES string of the molecule is C=CC(=O)OC1(C2(C3(OC(=O)C=C)C(OCC)=C(OCC)C(C)=C(C)C3OCC)c3ccccc3-c3ccccc32)C(OCC)=C(OCC)C(C)=C(C)C1OCC. The Balaban J connectivity index is 2.32. The van der Waals surface area contributed by atoms with Crippen LogP contribution in [0.1, 0.15) is 80.4 Å². The van der Waals surface area contributed by atoms with Gasteiger partial charge in [-0.05, 0) is 114 Å². The Labute approximate surface area is 337 Å². The highest BCUT2D eigenvalue weighted by atomic mass is 16.6. The van der Waals surface area contributed by atoms with E-state index >= 15 is 0 Å². The minimum Gasteiger partial charge on any atom is -0.490 e. The summed E-state index contributed by atoms with van der Waals surface area (Å²) in [6.07, 6.45) is 0.0330. The van der Waals surface area contributed by atoms with Crippen LogP contribution in [0.2, 0.25) is 0 Å². The first kappa shape index (κ1) is 43.1. The van der Waals surface area contributed by atoms with Crippen molar-refractivity contribution in [2.75, 3.05) is 39.6 Å². The highest BCUT2D eigenvalue weighted by molar-refractivity contribution is 5.89. The Bertz CT molecular complexity index is 1870. The molecule has 0 saturated heterocycles. The van der Waals surface area contributed by atoms with Gasteiger partial charge < -0.3 is 37.9 Å². The molecule has 0 N–H and O–H groups in total. The van der Waals surface area contributed by atoms with Crippen LogP contribution in [0.25, 0.3) is 11.1 Å². The van der Waals surface area contributed by atoms with Crippen molar-refractivity contribution < 1.29 is 47.5 Å². The summed E-state index contributed by atoms with van der Waals surface area (Å²) in [4.78, 5) is 29.1. The lowest BCUT2D eigenvalue weighted by atomic mass is 9.48. The van der Waals surface area contributed by atoms with Gasteiger partial charge in [-0.25, -0.2) is 9.59 Å². The molecule has 0 aromatic heterocycles. The molecular weight excluding hydrogens is 725 g/mol. The van der Waals surface area contributed by atoms with Crippen LogP contribution in [-0.4, -0.2) is 75.0 Å². The summed E-state index contributed by atoms with van der Waals surface area (Å²) < 4.78 is 55.1. The van der Waals surface area contributed by atoms with E-state index in [1.165, 1.54) is 0 Å². The number of carbonyl (C=O) groups excluding carboxylic acids is 2. The van der Waals surface area contributed by atoms with E-state index < -0.39 is 40.8 Å². The maximum absolute atomic E-state index is 14.6. The average Bonchev–Trinajstić information content (AvgIpc) is 3.52. The topological polar surface area (TPSA) is 108 Å². The average molecular weight is 783 g/mol. The molecule has 10 nitrogen and oxygen atoms in total. The number of esters is 2. The van der Waals surface area contributed by atoms with Crippen molar-refractivity contribution in [3.63, 3.8) is 0 Å². The van der Waals surface area contributed by atoms with Crippen LogP contribution >= 0.6 is 0 Å². The lowest BCUT2D eigenvalue weighted by molar-refractivity contribution is -0.235. The second-order valence-corrected chi connectivity index (χ2v) is 13.9. The number of hydrogen-bond donors (Lipinski definition) is 0. The molecule has 10 heteroatoms. The summed E-state index contributed by atoms with van der Waals surface area (Å²) in [6.45, 7) is 27.8. The zero-order chi connectivity index (χ0) is 41.7. The Morgan fingerprint density at radius 2 is 0.912 bits per heavy atom. The lowest BCUT2D eigenvalue weighted by Gasteiger charge is -2.62. The Morgan fingerprint density at radius 1 is 0.561 bits per heavy atom. The smallest absolute Gasteiger partial charge is 0.331 e. The van der Waals surface area contributed by atoms with Crippen molar-refractivity contribution >= 4 is 11.9 Å². The van der Waals surface area contributed by atoms with Gasteiger partial charge >= 0.3 is 11.9 Å².